The second-order valence-corrected chi connectivity index (χ2v) is 3.87. The van der Waals surface area contributed by atoms with Crippen molar-refractivity contribution in [3.05, 3.63) is 12.3 Å². The van der Waals surface area contributed by atoms with Crippen LogP contribution in [0.2, 0.25) is 0 Å². The molecule has 5 nitrogen and oxygen atoms in total. The summed E-state index contributed by atoms with van der Waals surface area (Å²) in [5.41, 5.74) is 0. The van der Waals surface area contributed by atoms with Crippen molar-refractivity contribution in [2.24, 2.45) is 0 Å². The van der Waals surface area contributed by atoms with E-state index in [9.17, 15) is 0 Å². The molecule has 0 spiro atoms. The lowest BCUT2D eigenvalue weighted by atomic mass is 10.4. The summed E-state index contributed by atoms with van der Waals surface area (Å²) in [4.78, 5) is 10.6. The first-order valence-electron chi connectivity index (χ1n) is 5.74. The van der Waals surface area contributed by atoms with Crippen molar-refractivity contribution in [3.8, 4) is 5.88 Å². The van der Waals surface area contributed by atoms with Crippen LogP contribution in [0.25, 0.3) is 0 Å². The minimum absolute atomic E-state index is 0.596. The van der Waals surface area contributed by atoms with Gasteiger partial charge in [0, 0.05) is 25.9 Å². The fourth-order valence-electron chi connectivity index (χ4n) is 1.83. The van der Waals surface area contributed by atoms with Crippen molar-refractivity contribution >= 4 is 5.95 Å². The third kappa shape index (κ3) is 3.06. The Kier molecular flexibility index (Phi) is 3.93. The standard InChI is InChI=1S/C11H18N4O/c1-12-11-13-5-4-10(14-11)16-9-8-15-6-2-3-7-15/h4-5H,2-3,6-9H2,1H3,(H,12,13,14). The van der Waals surface area contributed by atoms with Gasteiger partial charge in [0.25, 0.3) is 0 Å². The zero-order valence-corrected chi connectivity index (χ0v) is 9.65. The maximum atomic E-state index is 5.58. The predicted octanol–water partition coefficient (Wildman–Crippen LogP) is 0.993. The summed E-state index contributed by atoms with van der Waals surface area (Å²) < 4.78 is 5.58. The van der Waals surface area contributed by atoms with Crippen molar-refractivity contribution in [3.63, 3.8) is 0 Å². The quantitative estimate of drug-likeness (QED) is 0.805. The van der Waals surface area contributed by atoms with Crippen LogP contribution in [0.5, 0.6) is 5.88 Å². The molecule has 1 N–H and O–H groups in total. The monoisotopic (exact) mass is 222 g/mol. The average molecular weight is 222 g/mol. The third-order valence-corrected chi connectivity index (χ3v) is 2.71. The SMILES string of the molecule is CNc1nccc(OCCN2CCCC2)n1. The van der Waals surface area contributed by atoms with E-state index < -0.39 is 0 Å². The van der Waals surface area contributed by atoms with Gasteiger partial charge in [-0.15, -0.1) is 0 Å². The molecule has 2 heterocycles. The number of likely N-dealkylation sites (tertiary alicyclic amines) is 1. The van der Waals surface area contributed by atoms with Crippen molar-refractivity contribution in [2.45, 2.75) is 12.8 Å². The van der Waals surface area contributed by atoms with Gasteiger partial charge in [0.15, 0.2) is 0 Å². The van der Waals surface area contributed by atoms with E-state index in [0.29, 0.717) is 18.4 Å². The Hall–Kier alpha value is -1.36. The lowest BCUT2D eigenvalue weighted by molar-refractivity contribution is 0.232. The highest BCUT2D eigenvalue weighted by Gasteiger charge is 2.10. The molecule has 1 saturated heterocycles. The van der Waals surface area contributed by atoms with Crippen LogP contribution in [0.4, 0.5) is 5.95 Å². The number of ether oxygens (including phenoxy) is 1. The number of rotatable bonds is 5. The summed E-state index contributed by atoms with van der Waals surface area (Å²) >= 11 is 0. The fraction of sp³-hybridized carbons (Fsp3) is 0.636. The minimum atomic E-state index is 0.596. The van der Waals surface area contributed by atoms with Crippen molar-refractivity contribution in [1.82, 2.24) is 14.9 Å². The molecule has 0 amide bonds. The van der Waals surface area contributed by atoms with Gasteiger partial charge >= 0.3 is 0 Å². The molecule has 5 heteroatoms. The van der Waals surface area contributed by atoms with Crippen molar-refractivity contribution in [1.29, 1.82) is 0 Å². The summed E-state index contributed by atoms with van der Waals surface area (Å²) in [5, 5.41) is 2.89. The lowest BCUT2D eigenvalue weighted by Gasteiger charge is -2.14. The van der Waals surface area contributed by atoms with E-state index in [2.05, 4.69) is 20.2 Å². The predicted molar refractivity (Wildman–Crippen MR) is 62.7 cm³/mol. The molecule has 0 bridgehead atoms. The minimum Gasteiger partial charge on any atom is -0.476 e. The first-order chi connectivity index (χ1) is 7.88. The smallest absolute Gasteiger partial charge is 0.225 e. The van der Waals surface area contributed by atoms with Gasteiger partial charge < -0.3 is 10.1 Å². The molecule has 1 aromatic rings. The molecular weight excluding hydrogens is 204 g/mol. The number of anilines is 1. The second kappa shape index (κ2) is 5.65. The van der Waals surface area contributed by atoms with Crippen LogP contribution >= 0.6 is 0 Å². The van der Waals surface area contributed by atoms with Gasteiger partial charge in [-0.25, -0.2) is 4.98 Å². The van der Waals surface area contributed by atoms with Crippen LogP contribution in [-0.4, -0.2) is 48.2 Å². The van der Waals surface area contributed by atoms with Crippen molar-refractivity contribution < 1.29 is 4.74 Å². The summed E-state index contributed by atoms with van der Waals surface area (Å²) in [6, 6.07) is 1.78. The molecule has 1 fully saturated rings. The Morgan fingerprint density at radius 2 is 2.25 bits per heavy atom. The highest BCUT2D eigenvalue weighted by Crippen LogP contribution is 2.09. The summed E-state index contributed by atoms with van der Waals surface area (Å²) in [6.07, 6.45) is 4.33. The van der Waals surface area contributed by atoms with Gasteiger partial charge in [-0.1, -0.05) is 0 Å². The molecule has 16 heavy (non-hydrogen) atoms. The van der Waals surface area contributed by atoms with Crippen LogP contribution in [0.1, 0.15) is 12.8 Å². The molecule has 0 aromatic carbocycles. The van der Waals surface area contributed by atoms with E-state index in [-0.39, 0.29) is 0 Å². The van der Waals surface area contributed by atoms with E-state index in [1.165, 1.54) is 25.9 Å². The normalized spacial score (nSPS) is 16.3. The Morgan fingerprint density at radius 1 is 1.44 bits per heavy atom. The van der Waals surface area contributed by atoms with Gasteiger partial charge in [-0.2, -0.15) is 4.98 Å². The molecule has 1 aliphatic rings. The van der Waals surface area contributed by atoms with Crippen LogP contribution in [-0.2, 0) is 0 Å². The van der Waals surface area contributed by atoms with Gasteiger partial charge in [0.05, 0.1) is 0 Å². The third-order valence-electron chi connectivity index (χ3n) is 2.71. The molecule has 0 saturated carbocycles. The lowest BCUT2D eigenvalue weighted by Crippen LogP contribution is -2.25. The first kappa shape index (κ1) is 11.1. The maximum absolute atomic E-state index is 5.58. The Labute approximate surface area is 95.8 Å². The number of nitrogens with one attached hydrogen (secondary N) is 1. The number of nitrogens with zero attached hydrogens (tertiary/aromatic N) is 3. The van der Waals surface area contributed by atoms with Gasteiger partial charge in [-0.3, -0.25) is 4.90 Å². The number of hydrogen-bond acceptors (Lipinski definition) is 5. The largest absolute Gasteiger partial charge is 0.476 e. The van der Waals surface area contributed by atoms with E-state index in [1.807, 2.05) is 0 Å². The Balaban J connectivity index is 1.75. The highest BCUT2D eigenvalue weighted by molar-refractivity contribution is 5.25. The average Bonchev–Trinajstić information content (AvgIpc) is 2.82. The fourth-order valence-corrected chi connectivity index (χ4v) is 1.83. The van der Waals surface area contributed by atoms with Crippen LogP contribution in [0, 0.1) is 0 Å². The summed E-state index contributed by atoms with van der Waals surface area (Å²) in [6.45, 7) is 4.09. The van der Waals surface area contributed by atoms with Gasteiger partial charge in [-0.05, 0) is 25.9 Å². The van der Waals surface area contributed by atoms with E-state index >= 15 is 0 Å². The highest BCUT2D eigenvalue weighted by atomic mass is 16.5. The molecule has 0 radical (unpaired) electrons. The van der Waals surface area contributed by atoms with Gasteiger partial charge in [0.1, 0.15) is 6.61 Å². The zero-order chi connectivity index (χ0) is 11.2. The topological polar surface area (TPSA) is 50.3 Å². The maximum Gasteiger partial charge on any atom is 0.225 e. The van der Waals surface area contributed by atoms with Crippen LogP contribution in [0.3, 0.4) is 0 Å². The van der Waals surface area contributed by atoms with E-state index in [4.69, 9.17) is 4.74 Å². The summed E-state index contributed by atoms with van der Waals surface area (Å²) in [7, 11) is 1.79. The molecule has 2 rings (SSSR count). The molecule has 1 aliphatic heterocycles. The summed E-state index contributed by atoms with van der Waals surface area (Å²) in [5.74, 6) is 1.23. The Morgan fingerprint density at radius 3 is 3.00 bits per heavy atom. The molecular formula is C11H18N4O. The zero-order valence-electron chi connectivity index (χ0n) is 9.65. The molecule has 0 unspecified atom stereocenters. The van der Waals surface area contributed by atoms with E-state index in [1.54, 1.807) is 19.3 Å². The molecule has 1 aromatic heterocycles. The molecule has 0 atom stereocenters. The van der Waals surface area contributed by atoms with Crippen molar-refractivity contribution in [2.75, 3.05) is 38.6 Å². The second-order valence-electron chi connectivity index (χ2n) is 3.87. The van der Waals surface area contributed by atoms with E-state index in [0.717, 1.165) is 6.54 Å². The number of aromatic nitrogens is 2. The molecule has 0 aliphatic carbocycles. The Bertz CT molecular complexity index is 326. The molecule has 88 valence electrons. The van der Waals surface area contributed by atoms with Gasteiger partial charge in [0.2, 0.25) is 11.8 Å². The first-order valence-corrected chi connectivity index (χ1v) is 5.74. The van der Waals surface area contributed by atoms with Crippen LogP contribution < -0.4 is 10.1 Å². The number of hydrogen-bond donors (Lipinski definition) is 1. The van der Waals surface area contributed by atoms with Crippen LogP contribution in [0.15, 0.2) is 12.3 Å².